The average Bonchev–Trinajstić information content (AvgIpc) is 2.60. The summed E-state index contributed by atoms with van der Waals surface area (Å²) in [4.78, 5) is 21.0. The lowest BCUT2D eigenvalue weighted by molar-refractivity contribution is 0.0145. The van der Waals surface area contributed by atoms with E-state index in [2.05, 4.69) is 22.4 Å². The van der Waals surface area contributed by atoms with Gasteiger partial charge in [-0.2, -0.15) is 0 Å². The molecule has 1 aromatic heterocycles. The first kappa shape index (κ1) is 19.9. The summed E-state index contributed by atoms with van der Waals surface area (Å²) in [5.74, 6) is -3.25. The zero-order chi connectivity index (χ0) is 19.1. The highest BCUT2D eigenvalue weighted by Crippen LogP contribution is 2.30. The largest absolute Gasteiger partial charge is 0.499 e. The first-order valence-corrected chi connectivity index (χ1v) is 7.90. The average molecular weight is 404 g/mol. The van der Waals surface area contributed by atoms with E-state index in [1.54, 1.807) is 0 Å². The number of aromatic nitrogens is 1. The Bertz CT molecular complexity index is 822. The van der Waals surface area contributed by atoms with Crippen molar-refractivity contribution in [2.75, 3.05) is 18.5 Å². The molecule has 2 aromatic rings. The molecule has 1 aromatic carbocycles. The van der Waals surface area contributed by atoms with Crippen LogP contribution in [0.3, 0.4) is 0 Å². The maximum atomic E-state index is 14.2. The number of benzene rings is 1. The molecule has 2 rings (SSSR count). The van der Waals surface area contributed by atoms with Crippen LogP contribution >= 0.6 is 23.2 Å². The van der Waals surface area contributed by atoms with Gasteiger partial charge in [-0.3, -0.25) is 9.63 Å². The summed E-state index contributed by atoms with van der Waals surface area (Å²) >= 11 is 11.7. The third kappa shape index (κ3) is 5.04. The van der Waals surface area contributed by atoms with Crippen molar-refractivity contribution in [1.82, 2.24) is 10.5 Å². The van der Waals surface area contributed by atoms with Gasteiger partial charge in [-0.15, -0.1) is 0 Å². The molecule has 10 heteroatoms. The van der Waals surface area contributed by atoms with Crippen LogP contribution in [0, 0.1) is 11.6 Å². The molecule has 2 N–H and O–H groups in total. The van der Waals surface area contributed by atoms with Crippen LogP contribution in [-0.2, 0) is 9.57 Å². The minimum Gasteiger partial charge on any atom is -0.499 e. The second-order valence-corrected chi connectivity index (χ2v) is 5.55. The molecule has 0 saturated heterocycles. The van der Waals surface area contributed by atoms with E-state index in [9.17, 15) is 13.6 Å². The van der Waals surface area contributed by atoms with Crippen LogP contribution in [-0.4, -0.2) is 24.1 Å². The highest BCUT2D eigenvalue weighted by atomic mass is 35.5. The number of rotatable bonds is 8. The molecule has 0 aliphatic rings. The van der Waals surface area contributed by atoms with E-state index in [-0.39, 0.29) is 34.6 Å². The summed E-state index contributed by atoms with van der Waals surface area (Å²) < 4.78 is 32.6. The number of carbonyl (C=O) groups excluding carboxylic acids is 1. The molecule has 0 saturated carbocycles. The van der Waals surface area contributed by atoms with Crippen LogP contribution in [0.25, 0.3) is 0 Å². The number of hydrogen-bond donors (Lipinski definition) is 2. The van der Waals surface area contributed by atoms with Crippen molar-refractivity contribution >= 4 is 40.6 Å². The Labute approximate surface area is 157 Å². The van der Waals surface area contributed by atoms with Gasteiger partial charge in [-0.05, 0) is 18.2 Å². The normalized spacial score (nSPS) is 10.3. The molecule has 1 heterocycles. The van der Waals surface area contributed by atoms with Gasteiger partial charge in [0, 0.05) is 6.20 Å². The molecule has 6 nitrogen and oxygen atoms in total. The Morgan fingerprint density at radius 1 is 1.31 bits per heavy atom. The first-order chi connectivity index (χ1) is 12.4. The Morgan fingerprint density at radius 2 is 2.08 bits per heavy atom. The fourth-order valence-corrected chi connectivity index (χ4v) is 2.26. The summed E-state index contributed by atoms with van der Waals surface area (Å²) in [6.45, 7) is 3.52. The van der Waals surface area contributed by atoms with E-state index in [0.717, 1.165) is 12.1 Å². The van der Waals surface area contributed by atoms with Gasteiger partial charge in [-0.1, -0.05) is 29.8 Å². The van der Waals surface area contributed by atoms with Gasteiger partial charge in [-0.25, -0.2) is 19.2 Å². The van der Waals surface area contributed by atoms with Crippen LogP contribution in [0.1, 0.15) is 10.4 Å². The third-order valence-corrected chi connectivity index (χ3v) is 3.47. The SMILES string of the molecule is C=COCCONC(=O)c1ccc(F)c(F)c1Nc1ncc(Cl)cc1Cl. The highest BCUT2D eigenvalue weighted by Gasteiger charge is 2.20. The summed E-state index contributed by atoms with van der Waals surface area (Å²) in [7, 11) is 0. The smallest absolute Gasteiger partial charge is 0.277 e. The predicted molar refractivity (Wildman–Crippen MR) is 93.5 cm³/mol. The van der Waals surface area contributed by atoms with Crippen LogP contribution in [0.4, 0.5) is 20.3 Å². The van der Waals surface area contributed by atoms with Gasteiger partial charge in [0.1, 0.15) is 19.0 Å². The van der Waals surface area contributed by atoms with Crippen LogP contribution < -0.4 is 10.8 Å². The lowest BCUT2D eigenvalue weighted by Crippen LogP contribution is -2.26. The number of amides is 1. The van der Waals surface area contributed by atoms with Crippen molar-refractivity contribution in [1.29, 1.82) is 0 Å². The van der Waals surface area contributed by atoms with Crippen LogP contribution in [0.5, 0.6) is 0 Å². The van der Waals surface area contributed by atoms with E-state index in [0.29, 0.717) is 0 Å². The zero-order valence-corrected chi connectivity index (χ0v) is 14.7. The molecule has 138 valence electrons. The van der Waals surface area contributed by atoms with Crippen molar-refractivity contribution in [2.45, 2.75) is 0 Å². The van der Waals surface area contributed by atoms with E-state index in [4.69, 9.17) is 32.8 Å². The van der Waals surface area contributed by atoms with Gasteiger partial charge >= 0.3 is 0 Å². The van der Waals surface area contributed by atoms with Crippen LogP contribution in [0.2, 0.25) is 10.0 Å². The third-order valence-electron chi connectivity index (χ3n) is 2.98. The number of ether oxygens (including phenoxy) is 1. The van der Waals surface area contributed by atoms with E-state index >= 15 is 0 Å². The predicted octanol–water partition coefficient (Wildman–Crippen LogP) is 4.23. The van der Waals surface area contributed by atoms with Crippen molar-refractivity contribution in [2.24, 2.45) is 0 Å². The number of nitrogens with one attached hydrogen (secondary N) is 2. The number of halogens is 4. The van der Waals surface area contributed by atoms with Gasteiger partial charge in [0.2, 0.25) is 0 Å². The van der Waals surface area contributed by atoms with E-state index in [1.165, 1.54) is 18.5 Å². The monoisotopic (exact) mass is 403 g/mol. The molecule has 0 radical (unpaired) electrons. The fraction of sp³-hybridized carbons (Fsp3) is 0.125. The maximum absolute atomic E-state index is 14.2. The Balaban J connectivity index is 2.23. The second-order valence-electron chi connectivity index (χ2n) is 4.71. The van der Waals surface area contributed by atoms with Gasteiger partial charge in [0.15, 0.2) is 11.6 Å². The molecule has 0 fully saturated rings. The lowest BCUT2D eigenvalue weighted by atomic mass is 10.1. The topological polar surface area (TPSA) is 72.5 Å². The van der Waals surface area contributed by atoms with E-state index in [1.807, 2.05) is 0 Å². The molecular formula is C16H13Cl2F2N3O3. The summed E-state index contributed by atoms with van der Waals surface area (Å²) in [5.41, 5.74) is 1.42. The fourth-order valence-electron chi connectivity index (χ4n) is 1.83. The van der Waals surface area contributed by atoms with Crippen molar-refractivity contribution in [3.63, 3.8) is 0 Å². The zero-order valence-electron chi connectivity index (χ0n) is 13.2. The summed E-state index contributed by atoms with van der Waals surface area (Å²) in [6, 6.07) is 3.26. The molecular weight excluding hydrogens is 391 g/mol. The van der Waals surface area contributed by atoms with Gasteiger partial charge in [0.25, 0.3) is 5.91 Å². The molecule has 0 unspecified atom stereocenters. The highest BCUT2D eigenvalue weighted by molar-refractivity contribution is 6.36. The Morgan fingerprint density at radius 3 is 2.77 bits per heavy atom. The second kappa shape index (κ2) is 9.33. The molecule has 0 bridgehead atoms. The lowest BCUT2D eigenvalue weighted by Gasteiger charge is -2.14. The van der Waals surface area contributed by atoms with Gasteiger partial charge < -0.3 is 10.1 Å². The number of pyridine rings is 1. The first-order valence-electron chi connectivity index (χ1n) is 7.14. The minimum absolute atomic E-state index is 0.00471. The maximum Gasteiger partial charge on any atom is 0.277 e. The standard InChI is InChI=1S/C16H13Cl2F2N3O3/c1-2-25-5-6-26-23-16(24)10-3-4-12(19)13(20)14(10)22-15-11(18)7-9(17)8-21-15/h2-4,7-8H,1,5-6H2,(H,21,22)(H,23,24). The Hall–Kier alpha value is -2.42. The molecule has 0 atom stereocenters. The molecule has 0 spiro atoms. The van der Waals surface area contributed by atoms with Gasteiger partial charge in [0.05, 0.1) is 27.6 Å². The molecule has 1 amide bonds. The Kier molecular flexibility index (Phi) is 7.14. The molecule has 0 aliphatic heterocycles. The number of nitrogens with zero attached hydrogens (tertiary/aromatic N) is 1. The molecule has 26 heavy (non-hydrogen) atoms. The molecule has 0 aliphatic carbocycles. The van der Waals surface area contributed by atoms with Crippen molar-refractivity contribution in [3.05, 3.63) is 64.5 Å². The number of hydrogen-bond acceptors (Lipinski definition) is 5. The van der Waals surface area contributed by atoms with Crippen molar-refractivity contribution < 1.29 is 23.1 Å². The quantitative estimate of drug-likeness (QED) is 0.392. The number of hydroxylamine groups is 1. The van der Waals surface area contributed by atoms with Crippen LogP contribution in [0.15, 0.2) is 37.2 Å². The minimum atomic E-state index is -1.28. The summed E-state index contributed by atoms with van der Waals surface area (Å²) in [5, 5.41) is 2.82. The number of carbonyl (C=O) groups is 1. The van der Waals surface area contributed by atoms with Crippen molar-refractivity contribution in [3.8, 4) is 0 Å². The summed E-state index contributed by atoms with van der Waals surface area (Å²) in [6.07, 6.45) is 2.47. The van der Waals surface area contributed by atoms with E-state index < -0.39 is 23.2 Å². The number of anilines is 2.